The zero-order valence-electron chi connectivity index (χ0n) is 16.4. The zero-order valence-corrected chi connectivity index (χ0v) is 17.2. The normalized spacial score (nSPS) is 11.6. The SMILES string of the molecule is CCCn1c(NC(=O)c2occc2CS(=O)(=O)c2ccccc2)nc2ccccc21. The lowest BCUT2D eigenvalue weighted by Gasteiger charge is -2.09. The fourth-order valence-electron chi connectivity index (χ4n) is 3.34. The van der Waals surface area contributed by atoms with Gasteiger partial charge in [-0.25, -0.2) is 13.4 Å². The molecule has 0 atom stereocenters. The van der Waals surface area contributed by atoms with Gasteiger partial charge in [0, 0.05) is 12.1 Å². The quantitative estimate of drug-likeness (QED) is 0.479. The van der Waals surface area contributed by atoms with Crippen LogP contribution in [-0.4, -0.2) is 23.9 Å². The summed E-state index contributed by atoms with van der Waals surface area (Å²) in [6, 6.07) is 17.3. The van der Waals surface area contributed by atoms with Crippen LogP contribution in [0.5, 0.6) is 0 Å². The largest absolute Gasteiger partial charge is 0.459 e. The maximum absolute atomic E-state index is 12.9. The number of nitrogens with zero attached hydrogens (tertiary/aromatic N) is 2. The van der Waals surface area contributed by atoms with Gasteiger partial charge in [0.1, 0.15) is 0 Å². The summed E-state index contributed by atoms with van der Waals surface area (Å²) in [5.74, 6) is -0.506. The molecule has 8 heteroatoms. The Bertz CT molecular complexity index is 1290. The van der Waals surface area contributed by atoms with E-state index in [-0.39, 0.29) is 16.4 Å². The molecule has 0 saturated heterocycles. The van der Waals surface area contributed by atoms with E-state index in [1.807, 2.05) is 35.8 Å². The molecule has 2 heterocycles. The highest BCUT2D eigenvalue weighted by Crippen LogP contribution is 2.23. The van der Waals surface area contributed by atoms with E-state index in [4.69, 9.17) is 4.42 Å². The van der Waals surface area contributed by atoms with Crippen molar-refractivity contribution < 1.29 is 17.6 Å². The Morgan fingerprint density at radius 1 is 1.07 bits per heavy atom. The average molecular weight is 423 g/mol. The number of aromatic nitrogens is 2. The van der Waals surface area contributed by atoms with E-state index in [1.54, 1.807) is 18.2 Å². The number of rotatable bonds is 7. The van der Waals surface area contributed by atoms with Crippen LogP contribution >= 0.6 is 0 Å². The molecule has 1 amide bonds. The number of carbonyl (C=O) groups is 1. The zero-order chi connectivity index (χ0) is 21.1. The summed E-state index contributed by atoms with van der Waals surface area (Å²) in [5.41, 5.74) is 1.99. The predicted octanol–water partition coefficient (Wildman–Crippen LogP) is 4.27. The number of benzene rings is 2. The Hall–Kier alpha value is -3.39. The summed E-state index contributed by atoms with van der Waals surface area (Å²) >= 11 is 0. The first-order chi connectivity index (χ1) is 14.5. The molecule has 7 nitrogen and oxygen atoms in total. The summed E-state index contributed by atoms with van der Waals surface area (Å²) in [5, 5.41) is 2.78. The maximum atomic E-state index is 12.9. The number of fused-ring (bicyclic) bond motifs is 1. The number of anilines is 1. The van der Waals surface area contributed by atoms with Crippen LogP contribution in [0.1, 0.15) is 29.5 Å². The molecule has 0 saturated carbocycles. The number of hydrogen-bond acceptors (Lipinski definition) is 5. The molecule has 4 aromatic rings. The van der Waals surface area contributed by atoms with E-state index >= 15 is 0 Å². The monoisotopic (exact) mass is 423 g/mol. The maximum Gasteiger partial charge on any atom is 0.293 e. The van der Waals surface area contributed by atoms with E-state index in [0.29, 0.717) is 18.1 Å². The predicted molar refractivity (Wildman–Crippen MR) is 114 cm³/mol. The molecule has 0 bridgehead atoms. The van der Waals surface area contributed by atoms with Gasteiger partial charge in [-0.05, 0) is 36.8 Å². The third-order valence-corrected chi connectivity index (χ3v) is 6.41. The number of nitrogens with one attached hydrogen (secondary N) is 1. The number of hydrogen-bond donors (Lipinski definition) is 1. The van der Waals surface area contributed by atoms with Crippen LogP contribution in [0.2, 0.25) is 0 Å². The first-order valence-corrected chi connectivity index (χ1v) is 11.3. The second kappa shape index (κ2) is 8.16. The standard InChI is InChI=1S/C22H21N3O4S/c1-2-13-25-19-11-7-6-10-18(19)23-22(25)24-21(26)20-16(12-14-29-20)15-30(27,28)17-8-4-3-5-9-17/h3-12,14H,2,13,15H2,1H3,(H,23,24,26). The van der Waals surface area contributed by atoms with Crippen molar-refractivity contribution in [2.24, 2.45) is 0 Å². The Labute approximate surface area is 174 Å². The summed E-state index contributed by atoms with van der Waals surface area (Å²) in [6.45, 7) is 2.73. The molecule has 0 fully saturated rings. The molecule has 154 valence electrons. The molecule has 2 aromatic heterocycles. The Kier molecular flexibility index (Phi) is 5.41. The van der Waals surface area contributed by atoms with Crippen LogP contribution in [0.15, 0.2) is 76.2 Å². The molecule has 0 radical (unpaired) electrons. The van der Waals surface area contributed by atoms with E-state index in [2.05, 4.69) is 10.3 Å². The van der Waals surface area contributed by atoms with Crippen molar-refractivity contribution in [2.45, 2.75) is 30.5 Å². The van der Waals surface area contributed by atoms with Crippen LogP contribution in [0.3, 0.4) is 0 Å². The molecule has 1 N–H and O–H groups in total. The van der Waals surface area contributed by atoms with Gasteiger partial charge in [0.2, 0.25) is 5.95 Å². The molecular weight excluding hydrogens is 402 g/mol. The van der Waals surface area contributed by atoms with Crippen molar-refractivity contribution in [3.8, 4) is 0 Å². The van der Waals surface area contributed by atoms with Crippen LogP contribution in [-0.2, 0) is 22.1 Å². The lowest BCUT2D eigenvalue weighted by molar-refractivity contribution is 0.0994. The van der Waals surface area contributed by atoms with Crippen LogP contribution in [0.4, 0.5) is 5.95 Å². The van der Waals surface area contributed by atoms with E-state index in [0.717, 1.165) is 17.5 Å². The highest BCUT2D eigenvalue weighted by Gasteiger charge is 2.24. The van der Waals surface area contributed by atoms with Crippen molar-refractivity contribution in [3.63, 3.8) is 0 Å². The van der Waals surface area contributed by atoms with Crippen molar-refractivity contribution in [2.75, 3.05) is 5.32 Å². The second-order valence-corrected chi connectivity index (χ2v) is 8.87. The number of para-hydroxylation sites is 2. The van der Waals surface area contributed by atoms with Crippen LogP contribution < -0.4 is 5.32 Å². The summed E-state index contributed by atoms with van der Waals surface area (Å²) < 4.78 is 32.7. The minimum absolute atomic E-state index is 0.0374. The number of aryl methyl sites for hydroxylation is 1. The highest BCUT2D eigenvalue weighted by atomic mass is 32.2. The molecule has 0 aliphatic carbocycles. The summed E-state index contributed by atoms with van der Waals surface area (Å²) in [4.78, 5) is 17.6. The third kappa shape index (κ3) is 3.86. The van der Waals surface area contributed by atoms with Gasteiger partial charge in [-0.15, -0.1) is 0 Å². The van der Waals surface area contributed by atoms with Gasteiger partial charge in [0.05, 0.1) is 27.9 Å². The topological polar surface area (TPSA) is 94.2 Å². The number of imidazole rings is 1. The van der Waals surface area contributed by atoms with Gasteiger partial charge in [-0.1, -0.05) is 37.3 Å². The van der Waals surface area contributed by atoms with Crippen molar-refractivity contribution in [1.82, 2.24) is 9.55 Å². The van der Waals surface area contributed by atoms with E-state index in [1.165, 1.54) is 24.5 Å². The number of furan rings is 1. The molecule has 30 heavy (non-hydrogen) atoms. The van der Waals surface area contributed by atoms with Gasteiger partial charge in [0.15, 0.2) is 15.6 Å². The molecular formula is C22H21N3O4S. The second-order valence-electron chi connectivity index (χ2n) is 6.88. The first-order valence-electron chi connectivity index (χ1n) is 9.60. The lowest BCUT2D eigenvalue weighted by atomic mass is 10.2. The minimum Gasteiger partial charge on any atom is -0.459 e. The van der Waals surface area contributed by atoms with Crippen molar-refractivity contribution in [1.29, 1.82) is 0 Å². The fraction of sp³-hybridized carbons (Fsp3) is 0.182. The Balaban J connectivity index is 1.61. The summed E-state index contributed by atoms with van der Waals surface area (Å²) in [6.07, 6.45) is 2.18. The fourth-order valence-corrected chi connectivity index (χ4v) is 4.72. The van der Waals surface area contributed by atoms with Crippen LogP contribution in [0, 0.1) is 0 Å². The van der Waals surface area contributed by atoms with Gasteiger partial charge < -0.3 is 8.98 Å². The third-order valence-electron chi connectivity index (χ3n) is 4.73. The smallest absolute Gasteiger partial charge is 0.293 e. The minimum atomic E-state index is -3.61. The average Bonchev–Trinajstić information content (AvgIpc) is 3.33. The molecule has 2 aromatic carbocycles. The van der Waals surface area contributed by atoms with Crippen molar-refractivity contribution in [3.05, 3.63) is 78.3 Å². The first kappa shape index (κ1) is 19.9. The molecule has 0 unspecified atom stereocenters. The number of amides is 1. The molecule has 4 rings (SSSR count). The van der Waals surface area contributed by atoms with E-state index in [9.17, 15) is 13.2 Å². The summed E-state index contributed by atoms with van der Waals surface area (Å²) in [7, 11) is -3.61. The van der Waals surface area contributed by atoms with Crippen molar-refractivity contribution >= 4 is 32.7 Å². The number of carbonyl (C=O) groups excluding carboxylic acids is 1. The van der Waals surface area contributed by atoms with Gasteiger partial charge >= 0.3 is 0 Å². The lowest BCUT2D eigenvalue weighted by Crippen LogP contribution is -2.18. The van der Waals surface area contributed by atoms with Gasteiger partial charge in [0.25, 0.3) is 5.91 Å². The molecule has 0 aliphatic heterocycles. The Morgan fingerprint density at radius 3 is 2.57 bits per heavy atom. The van der Waals surface area contributed by atoms with Crippen LogP contribution in [0.25, 0.3) is 11.0 Å². The highest BCUT2D eigenvalue weighted by molar-refractivity contribution is 7.90. The molecule has 0 spiro atoms. The number of sulfone groups is 1. The Morgan fingerprint density at radius 2 is 1.80 bits per heavy atom. The van der Waals surface area contributed by atoms with Gasteiger partial charge in [-0.3, -0.25) is 10.1 Å². The van der Waals surface area contributed by atoms with Gasteiger partial charge in [-0.2, -0.15) is 0 Å². The van der Waals surface area contributed by atoms with E-state index < -0.39 is 15.7 Å². The molecule has 0 aliphatic rings.